The molecule has 2 amide bonds. The van der Waals surface area contributed by atoms with Gasteiger partial charge in [0.1, 0.15) is 11.5 Å². The molecule has 14 heteroatoms. The minimum Gasteiger partial charge on any atom is -0.508 e. The SMILES string of the molecule is COc1ccc2cn(C(C(=O)Nc3nccs3)c3ccccc3)nc2c1.O=C(Nc1nccs1)C(c1ccccc1)n1cc2ccc(O)cc2n1. The molecule has 0 fully saturated rings. The third kappa shape index (κ3) is 7.61. The Labute approximate surface area is 299 Å². The van der Waals surface area contributed by atoms with Crippen LogP contribution in [0, 0.1) is 0 Å². The molecule has 2 unspecified atom stereocenters. The minimum absolute atomic E-state index is 0.140. The molecule has 0 aliphatic carbocycles. The first kappa shape index (κ1) is 33.1. The van der Waals surface area contributed by atoms with Crippen molar-refractivity contribution in [3.63, 3.8) is 0 Å². The first-order chi connectivity index (χ1) is 24.9. The molecule has 8 rings (SSSR count). The molecule has 51 heavy (non-hydrogen) atoms. The number of hydrogen-bond acceptors (Lipinski definition) is 10. The molecule has 254 valence electrons. The van der Waals surface area contributed by atoms with Gasteiger partial charge in [-0.3, -0.25) is 29.6 Å². The number of phenols is 1. The maximum atomic E-state index is 13.0. The van der Waals surface area contributed by atoms with Crippen LogP contribution in [0.5, 0.6) is 11.5 Å². The Bertz CT molecular complexity index is 2380. The fraction of sp³-hybridized carbons (Fsp3) is 0.0811. The molecule has 12 nitrogen and oxygen atoms in total. The van der Waals surface area contributed by atoms with Crippen molar-refractivity contribution in [1.29, 1.82) is 0 Å². The van der Waals surface area contributed by atoms with Gasteiger partial charge in [-0.1, -0.05) is 60.7 Å². The van der Waals surface area contributed by atoms with E-state index in [0.717, 1.165) is 33.2 Å². The van der Waals surface area contributed by atoms with Crippen molar-refractivity contribution >= 4 is 66.6 Å². The zero-order valence-corrected chi connectivity index (χ0v) is 28.7. The van der Waals surface area contributed by atoms with E-state index in [9.17, 15) is 14.7 Å². The Morgan fingerprint density at radius 3 is 1.65 bits per heavy atom. The summed E-state index contributed by atoms with van der Waals surface area (Å²) in [4.78, 5) is 34.1. The maximum absolute atomic E-state index is 13.0. The molecule has 0 spiro atoms. The van der Waals surface area contributed by atoms with Crippen LogP contribution in [0.2, 0.25) is 0 Å². The number of anilines is 2. The molecule has 4 heterocycles. The van der Waals surface area contributed by atoms with Gasteiger partial charge in [0.25, 0.3) is 11.8 Å². The van der Waals surface area contributed by atoms with Crippen molar-refractivity contribution in [2.75, 3.05) is 17.7 Å². The first-order valence-corrected chi connectivity index (χ1v) is 17.4. The number of ether oxygens (including phenoxy) is 1. The van der Waals surface area contributed by atoms with Gasteiger partial charge in [-0.25, -0.2) is 9.97 Å². The third-order valence-corrected chi connectivity index (χ3v) is 9.20. The molecule has 2 atom stereocenters. The van der Waals surface area contributed by atoms with Gasteiger partial charge < -0.3 is 9.84 Å². The van der Waals surface area contributed by atoms with E-state index < -0.39 is 12.1 Å². The number of nitrogens with zero attached hydrogens (tertiary/aromatic N) is 6. The molecule has 3 N–H and O–H groups in total. The number of benzene rings is 4. The van der Waals surface area contributed by atoms with Gasteiger partial charge in [0.05, 0.1) is 18.1 Å². The lowest BCUT2D eigenvalue weighted by molar-refractivity contribution is -0.119. The van der Waals surface area contributed by atoms with Crippen LogP contribution in [0.25, 0.3) is 21.8 Å². The summed E-state index contributed by atoms with van der Waals surface area (Å²) in [6.45, 7) is 0. The van der Waals surface area contributed by atoms with Crippen molar-refractivity contribution in [2.45, 2.75) is 12.1 Å². The molecular formula is C37H30N8O4S2. The molecule has 0 saturated heterocycles. The summed E-state index contributed by atoms with van der Waals surface area (Å²) in [5.41, 5.74) is 3.06. The normalized spacial score (nSPS) is 12.1. The fourth-order valence-corrected chi connectivity index (χ4v) is 6.53. The number of fused-ring (bicyclic) bond motifs is 2. The summed E-state index contributed by atoms with van der Waals surface area (Å²) in [6, 6.07) is 28.4. The largest absolute Gasteiger partial charge is 0.508 e. The molecule has 4 aromatic heterocycles. The van der Waals surface area contributed by atoms with E-state index in [1.54, 1.807) is 58.6 Å². The van der Waals surface area contributed by atoms with Crippen LogP contribution in [0.3, 0.4) is 0 Å². The number of aromatic nitrogens is 6. The average molecular weight is 715 g/mol. The monoisotopic (exact) mass is 714 g/mol. The van der Waals surface area contributed by atoms with Crippen LogP contribution >= 0.6 is 22.7 Å². The summed E-state index contributed by atoms with van der Waals surface area (Å²) >= 11 is 2.74. The van der Waals surface area contributed by atoms with Crippen LogP contribution in [-0.4, -0.2) is 53.6 Å². The molecule has 8 aromatic rings. The second-order valence-electron chi connectivity index (χ2n) is 11.2. The summed E-state index contributed by atoms with van der Waals surface area (Å²) in [5.74, 6) is 0.455. The van der Waals surface area contributed by atoms with Crippen molar-refractivity contribution in [1.82, 2.24) is 29.5 Å². The van der Waals surface area contributed by atoms with Gasteiger partial charge in [0.2, 0.25) is 0 Å². The highest BCUT2D eigenvalue weighted by molar-refractivity contribution is 7.14. The third-order valence-electron chi connectivity index (χ3n) is 7.82. The molecule has 0 radical (unpaired) electrons. The van der Waals surface area contributed by atoms with E-state index in [0.29, 0.717) is 15.8 Å². The lowest BCUT2D eigenvalue weighted by Gasteiger charge is -2.17. The predicted molar refractivity (Wildman–Crippen MR) is 198 cm³/mol. The predicted octanol–water partition coefficient (Wildman–Crippen LogP) is 7.16. The Balaban J connectivity index is 0.000000159. The Morgan fingerprint density at radius 1 is 0.686 bits per heavy atom. The first-order valence-electron chi connectivity index (χ1n) is 15.7. The van der Waals surface area contributed by atoms with Crippen molar-refractivity contribution in [3.05, 3.63) is 144 Å². The topological polar surface area (TPSA) is 149 Å². The zero-order chi connectivity index (χ0) is 35.2. The maximum Gasteiger partial charge on any atom is 0.255 e. The molecule has 4 aromatic carbocycles. The van der Waals surface area contributed by atoms with E-state index in [1.807, 2.05) is 90.4 Å². The van der Waals surface area contributed by atoms with Gasteiger partial charge in [-0.2, -0.15) is 10.2 Å². The number of nitrogens with one attached hydrogen (secondary N) is 2. The number of carbonyl (C=O) groups is 2. The summed E-state index contributed by atoms with van der Waals surface area (Å²) in [5, 5.41) is 30.9. The highest BCUT2D eigenvalue weighted by Crippen LogP contribution is 2.27. The van der Waals surface area contributed by atoms with Crippen LogP contribution in [0.4, 0.5) is 10.3 Å². The van der Waals surface area contributed by atoms with Crippen molar-refractivity contribution < 1.29 is 19.4 Å². The number of amides is 2. The second-order valence-corrected chi connectivity index (χ2v) is 13.0. The Morgan fingerprint density at radius 2 is 1.18 bits per heavy atom. The zero-order valence-electron chi connectivity index (χ0n) is 27.0. The molecule has 0 saturated carbocycles. The van der Waals surface area contributed by atoms with Crippen LogP contribution in [0.15, 0.2) is 133 Å². The quantitative estimate of drug-likeness (QED) is 0.143. The summed E-state index contributed by atoms with van der Waals surface area (Å²) in [7, 11) is 1.62. The van der Waals surface area contributed by atoms with E-state index in [-0.39, 0.29) is 17.6 Å². The van der Waals surface area contributed by atoms with Gasteiger partial charge in [0.15, 0.2) is 22.3 Å². The Kier molecular flexibility index (Phi) is 9.76. The highest BCUT2D eigenvalue weighted by Gasteiger charge is 2.26. The van der Waals surface area contributed by atoms with Crippen LogP contribution < -0.4 is 15.4 Å². The molecule has 0 bridgehead atoms. The Hall–Kier alpha value is -6.38. The molecular weight excluding hydrogens is 685 g/mol. The van der Waals surface area contributed by atoms with Crippen LogP contribution in [0.1, 0.15) is 23.2 Å². The standard InChI is InChI=1S/C19H16N4O2S.C18H14N4O2S/c1-25-15-8-7-14-12-23(22-16(14)11-15)17(13-5-3-2-4-6-13)18(24)21-19-20-9-10-26-19;23-14-7-6-13-11-22(21-15(13)10-14)16(12-4-2-1-3-5-12)17(24)20-18-19-8-9-25-18/h2-12,17H,1H3,(H,20,21,24);1-11,16,23H,(H,19,20,24). The smallest absolute Gasteiger partial charge is 0.255 e. The summed E-state index contributed by atoms with van der Waals surface area (Å²) in [6.07, 6.45) is 6.97. The number of phenolic OH excluding ortho intramolecular Hbond substituents is 1. The number of carbonyl (C=O) groups excluding carboxylic acids is 2. The lowest BCUT2D eigenvalue weighted by Crippen LogP contribution is -2.27. The van der Waals surface area contributed by atoms with Crippen molar-refractivity contribution in [2.24, 2.45) is 0 Å². The average Bonchev–Trinajstić information content (AvgIpc) is 3.98. The van der Waals surface area contributed by atoms with E-state index >= 15 is 0 Å². The number of thiazole rings is 2. The van der Waals surface area contributed by atoms with Gasteiger partial charge in [-0.05, 0) is 35.4 Å². The van der Waals surface area contributed by atoms with Gasteiger partial charge in [0, 0.05) is 58.5 Å². The van der Waals surface area contributed by atoms with Crippen LogP contribution in [-0.2, 0) is 9.59 Å². The number of methoxy groups -OCH3 is 1. The number of aromatic hydroxyl groups is 1. The minimum atomic E-state index is -0.639. The second kappa shape index (κ2) is 15.0. The van der Waals surface area contributed by atoms with E-state index in [4.69, 9.17) is 4.74 Å². The van der Waals surface area contributed by atoms with Gasteiger partial charge in [-0.15, -0.1) is 22.7 Å². The van der Waals surface area contributed by atoms with Crippen molar-refractivity contribution in [3.8, 4) is 11.5 Å². The summed E-state index contributed by atoms with van der Waals surface area (Å²) < 4.78 is 8.56. The molecule has 0 aliphatic heterocycles. The lowest BCUT2D eigenvalue weighted by atomic mass is 10.1. The van der Waals surface area contributed by atoms with E-state index in [2.05, 4.69) is 30.8 Å². The highest BCUT2D eigenvalue weighted by atomic mass is 32.1. The van der Waals surface area contributed by atoms with E-state index in [1.165, 1.54) is 22.7 Å². The fourth-order valence-electron chi connectivity index (χ4n) is 5.47. The number of hydrogen-bond donors (Lipinski definition) is 3. The molecule has 0 aliphatic rings. The number of rotatable bonds is 9. The van der Waals surface area contributed by atoms with Gasteiger partial charge >= 0.3 is 0 Å².